The maximum Gasteiger partial charge on any atom is 0.269 e. The minimum atomic E-state index is -0.945. The van der Waals surface area contributed by atoms with Gasteiger partial charge in [0.15, 0.2) is 0 Å². The average Bonchev–Trinajstić information content (AvgIpc) is 2.96. The Bertz CT molecular complexity index is 892. The minimum absolute atomic E-state index is 0.0690. The van der Waals surface area contributed by atoms with E-state index in [1.807, 2.05) is 12.2 Å². The summed E-state index contributed by atoms with van der Waals surface area (Å²) in [6.07, 6.45) is 5.87. The number of hydrogen-bond donors (Lipinski definition) is 1. The van der Waals surface area contributed by atoms with E-state index in [2.05, 4.69) is 5.32 Å². The standard InChI is InChI=1S/C20H21N3O5/c1-10-9-14(23(27)28)7-8-15(10)21-18(24)11(2)22-19(25)16-12-3-4-13(6-5-12)17(16)20(22)26/h3-4,7-9,11-13,16-17H,5-6H2,1-2H3,(H,21,24)/t11-,12-,13-,16+,17+/m0/s1. The van der Waals surface area contributed by atoms with Crippen molar-refractivity contribution in [3.05, 3.63) is 46.0 Å². The van der Waals surface area contributed by atoms with Crippen LogP contribution in [0.4, 0.5) is 11.4 Å². The van der Waals surface area contributed by atoms with Crippen LogP contribution in [0.2, 0.25) is 0 Å². The number of likely N-dealkylation sites (tertiary alicyclic amines) is 1. The van der Waals surface area contributed by atoms with E-state index < -0.39 is 16.9 Å². The molecule has 1 heterocycles. The van der Waals surface area contributed by atoms with Crippen molar-refractivity contribution in [2.75, 3.05) is 5.32 Å². The topological polar surface area (TPSA) is 110 Å². The lowest BCUT2D eigenvalue weighted by atomic mass is 9.63. The maximum absolute atomic E-state index is 12.9. The van der Waals surface area contributed by atoms with Crippen molar-refractivity contribution in [1.29, 1.82) is 0 Å². The third-order valence-corrected chi connectivity index (χ3v) is 6.24. The molecular weight excluding hydrogens is 362 g/mol. The molecule has 1 aromatic rings. The van der Waals surface area contributed by atoms with Crippen molar-refractivity contribution in [1.82, 2.24) is 4.90 Å². The Morgan fingerprint density at radius 1 is 1.18 bits per heavy atom. The van der Waals surface area contributed by atoms with Crippen molar-refractivity contribution >= 4 is 29.1 Å². The molecule has 1 saturated heterocycles. The molecule has 1 N–H and O–H groups in total. The van der Waals surface area contributed by atoms with Crippen LogP contribution >= 0.6 is 0 Å². The Hall–Kier alpha value is -3.03. The zero-order valence-electron chi connectivity index (χ0n) is 15.6. The molecule has 146 valence electrons. The number of nitro groups is 1. The van der Waals surface area contributed by atoms with Crippen LogP contribution in [0.3, 0.4) is 0 Å². The van der Waals surface area contributed by atoms with Gasteiger partial charge in [-0.25, -0.2) is 0 Å². The number of carbonyl (C=O) groups excluding carboxylic acids is 3. The molecule has 5 atom stereocenters. The van der Waals surface area contributed by atoms with E-state index in [1.54, 1.807) is 13.8 Å². The van der Waals surface area contributed by atoms with Crippen LogP contribution in [-0.4, -0.2) is 33.6 Å². The Morgan fingerprint density at radius 3 is 2.21 bits per heavy atom. The monoisotopic (exact) mass is 383 g/mol. The first-order chi connectivity index (χ1) is 13.3. The number of non-ortho nitro benzene ring substituents is 1. The number of nitrogens with zero attached hydrogens (tertiary/aromatic N) is 2. The minimum Gasteiger partial charge on any atom is -0.324 e. The highest BCUT2D eigenvalue weighted by atomic mass is 16.6. The van der Waals surface area contributed by atoms with Crippen molar-refractivity contribution in [2.24, 2.45) is 23.7 Å². The van der Waals surface area contributed by atoms with Crippen LogP contribution in [-0.2, 0) is 14.4 Å². The van der Waals surface area contributed by atoms with E-state index in [9.17, 15) is 24.5 Å². The fourth-order valence-electron chi connectivity index (χ4n) is 4.74. The Labute approximate surface area is 161 Å². The molecule has 4 aliphatic rings. The summed E-state index contributed by atoms with van der Waals surface area (Å²) in [5.41, 5.74) is 0.880. The Morgan fingerprint density at radius 2 is 1.75 bits per heavy atom. The SMILES string of the molecule is Cc1cc([N+](=O)[O-])ccc1NC(=O)[C@H](C)N1C(=O)[C@H]2[C@H](C1=O)[C@H]1C=C[C@H]2CC1. The third-order valence-electron chi connectivity index (χ3n) is 6.24. The highest BCUT2D eigenvalue weighted by Crippen LogP contribution is 2.50. The fraction of sp³-hybridized carbons (Fsp3) is 0.450. The first kappa shape index (κ1) is 18.3. The molecule has 0 radical (unpaired) electrons. The second kappa shape index (κ2) is 6.54. The second-order valence-corrected chi connectivity index (χ2v) is 7.81. The molecule has 0 aromatic heterocycles. The van der Waals surface area contributed by atoms with Gasteiger partial charge in [0.25, 0.3) is 5.69 Å². The lowest BCUT2D eigenvalue weighted by Crippen LogP contribution is -2.46. The van der Waals surface area contributed by atoms with E-state index in [0.29, 0.717) is 11.3 Å². The molecule has 28 heavy (non-hydrogen) atoms. The first-order valence-electron chi connectivity index (χ1n) is 9.40. The number of nitro benzene ring substituents is 1. The van der Waals surface area contributed by atoms with Crippen LogP contribution < -0.4 is 5.32 Å². The zero-order valence-corrected chi connectivity index (χ0v) is 15.6. The third kappa shape index (κ3) is 2.71. The number of nitrogens with one attached hydrogen (secondary N) is 1. The highest BCUT2D eigenvalue weighted by molar-refractivity contribution is 6.10. The summed E-state index contributed by atoms with van der Waals surface area (Å²) in [7, 11) is 0. The van der Waals surface area contributed by atoms with E-state index in [0.717, 1.165) is 17.7 Å². The predicted molar refractivity (Wildman–Crippen MR) is 100 cm³/mol. The molecule has 5 rings (SSSR count). The van der Waals surface area contributed by atoms with Crippen LogP contribution in [0.15, 0.2) is 30.4 Å². The number of anilines is 1. The van der Waals surface area contributed by atoms with E-state index in [1.165, 1.54) is 18.2 Å². The number of amides is 3. The van der Waals surface area contributed by atoms with E-state index in [-0.39, 0.29) is 41.2 Å². The van der Waals surface area contributed by atoms with Gasteiger partial charge in [-0.15, -0.1) is 0 Å². The molecular formula is C20H21N3O5. The van der Waals surface area contributed by atoms with Crippen LogP contribution in [0.25, 0.3) is 0 Å². The molecule has 2 bridgehead atoms. The first-order valence-corrected chi connectivity index (χ1v) is 9.40. The average molecular weight is 383 g/mol. The predicted octanol–water partition coefficient (Wildman–Crippen LogP) is 2.43. The molecule has 1 aliphatic heterocycles. The molecule has 0 unspecified atom stereocenters. The largest absolute Gasteiger partial charge is 0.324 e. The van der Waals surface area contributed by atoms with Gasteiger partial charge in [0.2, 0.25) is 17.7 Å². The fourth-order valence-corrected chi connectivity index (χ4v) is 4.74. The number of allylic oxidation sites excluding steroid dienone is 2. The van der Waals surface area contributed by atoms with Crippen molar-refractivity contribution in [3.8, 4) is 0 Å². The summed E-state index contributed by atoms with van der Waals surface area (Å²) in [5.74, 6) is -1.58. The number of benzene rings is 1. The van der Waals surface area contributed by atoms with Crippen molar-refractivity contribution < 1.29 is 19.3 Å². The van der Waals surface area contributed by atoms with E-state index >= 15 is 0 Å². The van der Waals surface area contributed by atoms with Gasteiger partial charge in [-0.1, -0.05) is 12.2 Å². The Kier molecular flexibility index (Phi) is 4.28. The quantitative estimate of drug-likeness (QED) is 0.372. The maximum atomic E-state index is 12.9. The summed E-state index contributed by atoms with van der Waals surface area (Å²) in [6.45, 7) is 3.19. The highest BCUT2D eigenvalue weighted by Gasteiger charge is 2.58. The summed E-state index contributed by atoms with van der Waals surface area (Å²) < 4.78 is 0. The van der Waals surface area contributed by atoms with Crippen molar-refractivity contribution in [2.45, 2.75) is 32.7 Å². The Balaban J connectivity index is 1.52. The van der Waals surface area contributed by atoms with E-state index in [4.69, 9.17) is 0 Å². The molecule has 3 aliphatic carbocycles. The van der Waals surface area contributed by atoms with Crippen LogP contribution in [0.5, 0.6) is 0 Å². The second-order valence-electron chi connectivity index (χ2n) is 7.81. The van der Waals surface area contributed by atoms with Gasteiger partial charge >= 0.3 is 0 Å². The number of aryl methyl sites for hydroxylation is 1. The zero-order chi connectivity index (χ0) is 20.2. The lowest BCUT2D eigenvalue weighted by molar-refractivity contribution is -0.384. The number of fused-ring (bicyclic) bond motifs is 1. The van der Waals surface area contributed by atoms with Crippen molar-refractivity contribution in [3.63, 3.8) is 0 Å². The normalized spacial score (nSPS) is 29.0. The molecule has 8 heteroatoms. The van der Waals surface area contributed by atoms with Crippen LogP contribution in [0.1, 0.15) is 25.3 Å². The summed E-state index contributed by atoms with van der Waals surface area (Å²) in [5, 5.41) is 13.5. The molecule has 1 aromatic carbocycles. The van der Waals surface area contributed by atoms with Gasteiger partial charge in [-0.05, 0) is 50.2 Å². The summed E-state index contributed by atoms with van der Waals surface area (Å²) in [6, 6.07) is 3.18. The van der Waals surface area contributed by atoms with Crippen LogP contribution in [0, 0.1) is 40.7 Å². The van der Waals surface area contributed by atoms with Gasteiger partial charge in [-0.3, -0.25) is 29.4 Å². The van der Waals surface area contributed by atoms with Gasteiger partial charge in [0.05, 0.1) is 16.8 Å². The molecule has 1 saturated carbocycles. The molecule has 3 amide bonds. The molecule has 2 fully saturated rings. The summed E-state index contributed by atoms with van der Waals surface area (Å²) >= 11 is 0. The number of rotatable bonds is 4. The number of imide groups is 1. The van der Waals surface area contributed by atoms with Gasteiger partial charge in [0, 0.05) is 17.8 Å². The number of hydrogen-bond acceptors (Lipinski definition) is 5. The van der Waals surface area contributed by atoms with Gasteiger partial charge < -0.3 is 5.32 Å². The smallest absolute Gasteiger partial charge is 0.269 e. The van der Waals surface area contributed by atoms with Gasteiger partial charge in [0.1, 0.15) is 6.04 Å². The summed E-state index contributed by atoms with van der Waals surface area (Å²) in [4.78, 5) is 50.1. The molecule has 8 nitrogen and oxygen atoms in total. The number of carbonyl (C=O) groups is 3. The lowest BCUT2D eigenvalue weighted by Gasteiger charge is -2.38. The molecule has 0 spiro atoms. The van der Waals surface area contributed by atoms with Gasteiger partial charge in [-0.2, -0.15) is 0 Å².